The molecule has 6 heteroatoms. The van der Waals surface area contributed by atoms with Crippen LogP contribution in [0.3, 0.4) is 0 Å². The Kier molecular flexibility index (Phi) is 2.86. The molecule has 1 unspecified atom stereocenters. The molecule has 2 aliphatic rings. The van der Waals surface area contributed by atoms with Gasteiger partial charge in [-0.2, -0.15) is 4.98 Å². The van der Waals surface area contributed by atoms with Gasteiger partial charge in [-0.15, -0.1) is 0 Å². The summed E-state index contributed by atoms with van der Waals surface area (Å²) in [5, 5.41) is 7.23. The van der Waals surface area contributed by atoms with Crippen LogP contribution in [0.15, 0.2) is 4.52 Å². The number of hydrogen-bond acceptors (Lipinski definition) is 6. The lowest BCUT2D eigenvalue weighted by atomic mass is 10.3. The molecule has 2 fully saturated rings. The molecule has 1 aliphatic heterocycles. The van der Waals surface area contributed by atoms with E-state index in [0.717, 1.165) is 0 Å². The van der Waals surface area contributed by atoms with Crippen molar-refractivity contribution in [3.05, 3.63) is 11.7 Å². The van der Waals surface area contributed by atoms with E-state index in [1.165, 1.54) is 12.8 Å². The van der Waals surface area contributed by atoms with E-state index in [9.17, 15) is 0 Å². The maximum atomic E-state index is 5.48. The first-order chi connectivity index (χ1) is 7.92. The summed E-state index contributed by atoms with van der Waals surface area (Å²) in [5.74, 6) is 1.21. The van der Waals surface area contributed by atoms with E-state index in [1.54, 1.807) is 0 Å². The van der Waals surface area contributed by atoms with Crippen molar-refractivity contribution >= 4 is 0 Å². The second-order valence-electron chi connectivity index (χ2n) is 4.14. The second-order valence-corrected chi connectivity index (χ2v) is 4.14. The van der Waals surface area contributed by atoms with Gasteiger partial charge in [0, 0.05) is 6.04 Å². The second kappa shape index (κ2) is 4.48. The van der Waals surface area contributed by atoms with Crippen LogP contribution in [0, 0.1) is 0 Å². The van der Waals surface area contributed by atoms with Gasteiger partial charge in [-0.1, -0.05) is 5.16 Å². The molecule has 88 valence electrons. The van der Waals surface area contributed by atoms with Gasteiger partial charge in [-0.25, -0.2) is 0 Å². The summed E-state index contributed by atoms with van der Waals surface area (Å²) in [6.07, 6.45) is 2.33. The predicted octanol–water partition coefficient (Wildman–Crippen LogP) is 0.409. The SMILES string of the molecule is C1COC(c2noc(CNC3CC3)n2)CO1. The molecule has 1 aliphatic carbocycles. The summed E-state index contributed by atoms with van der Waals surface area (Å²) < 4.78 is 15.9. The Morgan fingerprint density at radius 1 is 1.31 bits per heavy atom. The van der Waals surface area contributed by atoms with E-state index in [4.69, 9.17) is 14.0 Å². The summed E-state index contributed by atoms with van der Waals surface area (Å²) in [5.41, 5.74) is 0. The van der Waals surface area contributed by atoms with Crippen molar-refractivity contribution in [1.82, 2.24) is 15.5 Å². The van der Waals surface area contributed by atoms with Gasteiger partial charge >= 0.3 is 0 Å². The average molecular weight is 225 g/mol. The van der Waals surface area contributed by atoms with Crippen LogP contribution in [0.2, 0.25) is 0 Å². The molecule has 0 spiro atoms. The van der Waals surface area contributed by atoms with Crippen molar-refractivity contribution in [3.8, 4) is 0 Å². The first-order valence-corrected chi connectivity index (χ1v) is 5.67. The molecule has 0 amide bonds. The summed E-state index contributed by atoms with van der Waals surface area (Å²) in [6, 6.07) is 0.643. The number of nitrogens with zero attached hydrogens (tertiary/aromatic N) is 2. The molecule has 0 bridgehead atoms. The van der Waals surface area contributed by atoms with Crippen LogP contribution >= 0.6 is 0 Å². The normalized spacial score (nSPS) is 25.9. The van der Waals surface area contributed by atoms with Crippen LogP contribution < -0.4 is 5.32 Å². The van der Waals surface area contributed by atoms with Gasteiger partial charge in [-0.3, -0.25) is 0 Å². The molecule has 0 radical (unpaired) electrons. The van der Waals surface area contributed by atoms with Crippen molar-refractivity contribution in [1.29, 1.82) is 0 Å². The van der Waals surface area contributed by atoms with E-state index in [0.29, 0.717) is 44.1 Å². The summed E-state index contributed by atoms with van der Waals surface area (Å²) in [4.78, 5) is 4.29. The Hall–Kier alpha value is -0.980. The maximum Gasteiger partial charge on any atom is 0.240 e. The Bertz CT molecular complexity index is 345. The minimum Gasteiger partial charge on any atom is -0.376 e. The highest BCUT2D eigenvalue weighted by Crippen LogP contribution is 2.20. The Morgan fingerprint density at radius 3 is 3.00 bits per heavy atom. The lowest BCUT2D eigenvalue weighted by Crippen LogP contribution is -2.23. The molecule has 6 nitrogen and oxygen atoms in total. The highest BCUT2D eigenvalue weighted by Gasteiger charge is 2.24. The van der Waals surface area contributed by atoms with Crippen LogP contribution in [0.4, 0.5) is 0 Å². The van der Waals surface area contributed by atoms with Gasteiger partial charge in [0.15, 0.2) is 0 Å². The number of ether oxygens (including phenoxy) is 2. The summed E-state index contributed by atoms with van der Waals surface area (Å²) in [6.45, 7) is 2.39. The quantitative estimate of drug-likeness (QED) is 0.800. The lowest BCUT2D eigenvalue weighted by molar-refractivity contribution is -0.0941. The van der Waals surface area contributed by atoms with Crippen LogP contribution in [-0.4, -0.2) is 36.0 Å². The third-order valence-electron chi connectivity index (χ3n) is 2.71. The highest BCUT2D eigenvalue weighted by atomic mass is 16.6. The first-order valence-electron chi connectivity index (χ1n) is 5.67. The van der Waals surface area contributed by atoms with E-state index in [1.807, 2.05) is 0 Å². The topological polar surface area (TPSA) is 69.4 Å². The van der Waals surface area contributed by atoms with Crippen LogP contribution in [0.5, 0.6) is 0 Å². The molecule has 1 saturated carbocycles. The molecule has 1 aromatic heterocycles. The number of aromatic nitrogens is 2. The van der Waals surface area contributed by atoms with Crippen LogP contribution in [0.25, 0.3) is 0 Å². The highest BCUT2D eigenvalue weighted by molar-refractivity contribution is 4.93. The molecule has 2 heterocycles. The van der Waals surface area contributed by atoms with E-state index < -0.39 is 0 Å². The Morgan fingerprint density at radius 2 is 2.25 bits per heavy atom. The molecule has 3 rings (SSSR count). The summed E-state index contributed by atoms with van der Waals surface area (Å²) >= 11 is 0. The fourth-order valence-electron chi connectivity index (χ4n) is 1.63. The Labute approximate surface area is 93.3 Å². The molecular weight excluding hydrogens is 210 g/mol. The number of nitrogens with one attached hydrogen (secondary N) is 1. The van der Waals surface area contributed by atoms with Gasteiger partial charge in [-0.05, 0) is 12.8 Å². The van der Waals surface area contributed by atoms with Gasteiger partial charge in [0.2, 0.25) is 11.7 Å². The molecule has 1 saturated heterocycles. The van der Waals surface area contributed by atoms with Crippen LogP contribution in [-0.2, 0) is 16.0 Å². The van der Waals surface area contributed by atoms with Crippen molar-refractivity contribution in [2.24, 2.45) is 0 Å². The number of hydrogen-bond donors (Lipinski definition) is 1. The average Bonchev–Trinajstić information content (AvgIpc) is 3.05. The monoisotopic (exact) mass is 225 g/mol. The minimum absolute atomic E-state index is 0.174. The molecular formula is C10H15N3O3. The van der Waals surface area contributed by atoms with Gasteiger partial charge in [0.05, 0.1) is 26.4 Å². The largest absolute Gasteiger partial charge is 0.376 e. The molecule has 1 atom stereocenters. The van der Waals surface area contributed by atoms with E-state index in [-0.39, 0.29) is 6.10 Å². The van der Waals surface area contributed by atoms with Crippen molar-refractivity contribution in [2.45, 2.75) is 31.5 Å². The Balaban J connectivity index is 1.57. The van der Waals surface area contributed by atoms with Crippen molar-refractivity contribution < 1.29 is 14.0 Å². The summed E-state index contributed by atoms with van der Waals surface area (Å²) in [7, 11) is 0. The molecule has 0 aromatic carbocycles. The molecule has 1 aromatic rings. The van der Waals surface area contributed by atoms with Gasteiger partial charge in [0.1, 0.15) is 6.10 Å². The minimum atomic E-state index is -0.174. The fraction of sp³-hybridized carbons (Fsp3) is 0.800. The van der Waals surface area contributed by atoms with Gasteiger partial charge < -0.3 is 19.3 Å². The zero-order valence-electron chi connectivity index (χ0n) is 9.02. The zero-order valence-corrected chi connectivity index (χ0v) is 9.02. The van der Waals surface area contributed by atoms with E-state index >= 15 is 0 Å². The first kappa shape index (κ1) is 10.2. The van der Waals surface area contributed by atoms with Gasteiger partial charge in [0.25, 0.3) is 0 Å². The van der Waals surface area contributed by atoms with Crippen molar-refractivity contribution in [3.63, 3.8) is 0 Å². The molecule has 1 N–H and O–H groups in total. The third-order valence-corrected chi connectivity index (χ3v) is 2.71. The zero-order chi connectivity index (χ0) is 10.8. The lowest BCUT2D eigenvalue weighted by Gasteiger charge is -2.19. The predicted molar refractivity (Wildman–Crippen MR) is 53.7 cm³/mol. The van der Waals surface area contributed by atoms with Crippen molar-refractivity contribution in [2.75, 3.05) is 19.8 Å². The van der Waals surface area contributed by atoms with E-state index in [2.05, 4.69) is 15.5 Å². The smallest absolute Gasteiger partial charge is 0.240 e. The molecule has 16 heavy (non-hydrogen) atoms. The van der Waals surface area contributed by atoms with Crippen LogP contribution in [0.1, 0.15) is 30.7 Å². The fourth-order valence-corrected chi connectivity index (χ4v) is 1.63. The number of rotatable bonds is 4. The standard InChI is InChI=1S/C10H15N3O3/c1-2-7(1)11-5-9-12-10(13-16-9)8-6-14-3-4-15-8/h7-8,11H,1-6H2. The third kappa shape index (κ3) is 2.40. The maximum absolute atomic E-state index is 5.48.